The standard InChI is InChI=1S/C29H33N7O/c1-3-4-16-36-26(27(31-2)34-29(36)35-15-9-12-22(30)19-35)28(37)32-18-25-23-13-7-5-10-20(23)17-21-11-6-8-14-24(21)33-25/h5-8,10-11,13-14,22,31H,9,12,15-19,30H2,1-2H3,(H,32,37). The van der Waals surface area contributed by atoms with Crippen LogP contribution in [0.5, 0.6) is 0 Å². The Bertz CT molecular complexity index is 1390. The molecule has 8 nitrogen and oxygen atoms in total. The number of rotatable bonds is 6. The van der Waals surface area contributed by atoms with Crippen molar-refractivity contribution in [2.24, 2.45) is 10.7 Å². The highest BCUT2D eigenvalue weighted by atomic mass is 16.2. The number of piperidine rings is 1. The van der Waals surface area contributed by atoms with E-state index < -0.39 is 0 Å². The molecule has 1 unspecified atom stereocenters. The Labute approximate surface area is 218 Å². The Morgan fingerprint density at radius 1 is 1.16 bits per heavy atom. The van der Waals surface area contributed by atoms with Crippen LogP contribution in [0, 0.1) is 11.8 Å². The van der Waals surface area contributed by atoms with Crippen molar-refractivity contribution in [3.05, 3.63) is 70.9 Å². The van der Waals surface area contributed by atoms with E-state index in [9.17, 15) is 4.79 Å². The molecule has 0 aliphatic carbocycles. The minimum atomic E-state index is -0.222. The Kier molecular flexibility index (Phi) is 7.24. The van der Waals surface area contributed by atoms with Crippen LogP contribution in [0.25, 0.3) is 0 Å². The molecular weight excluding hydrogens is 462 g/mol. The number of imidazole rings is 1. The van der Waals surface area contributed by atoms with Crippen LogP contribution < -0.4 is 21.3 Å². The van der Waals surface area contributed by atoms with Crippen LogP contribution in [0.4, 0.5) is 17.5 Å². The first-order valence-electron chi connectivity index (χ1n) is 12.8. The molecule has 1 saturated heterocycles. The second kappa shape index (κ2) is 10.9. The molecule has 190 valence electrons. The van der Waals surface area contributed by atoms with Crippen LogP contribution in [0.2, 0.25) is 0 Å². The molecule has 2 aliphatic rings. The van der Waals surface area contributed by atoms with Gasteiger partial charge in [0.15, 0.2) is 11.5 Å². The molecule has 2 aromatic carbocycles. The lowest BCUT2D eigenvalue weighted by Gasteiger charge is -2.31. The van der Waals surface area contributed by atoms with E-state index in [0.717, 1.165) is 48.7 Å². The summed E-state index contributed by atoms with van der Waals surface area (Å²) in [4.78, 5) is 25.6. The molecule has 1 atom stereocenters. The summed E-state index contributed by atoms with van der Waals surface area (Å²) in [5.74, 6) is 7.08. The van der Waals surface area contributed by atoms with E-state index in [4.69, 9.17) is 15.7 Å². The molecule has 0 spiro atoms. The number of carbonyl (C=O) groups is 1. The minimum absolute atomic E-state index is 0.0858. The number of nitrogens with zero attached hydrogens (tertiary/aromatic N) is 4. The van der Waals surface area contributed by atoms with E-state index in [1.54, 1.807) is 14.0 Å². The highest BCUT2D eigenvalue weighted by Gasteiger charge is 2.28. The molecule has 5 rings (SSSR count). The summed E-state index contributed by atoms with van der Waals surface area (Å²) in [6, 6.07) is 16.5. The maximum absolute atomic E-state index is 13.7. The van der Waals surface area contributed by atoms with Gasteiger partial charge < -0.3 is 21.3 Å². The molecule has 2 aliphatic heterocycles. The van der Waals surface area contributed by atoms with Gasteiger partial charge in [-0.05, 0) is 37.0 Å². The molecule has 3 heterocycles. The summed E-state index contributed by atoms with van der Waals surface area (Å²) in [5, 5.41) is 6.23. The summed E-state index contributed by atoms with van der Waals surface area (Å²) in [6.07, 6.45) is 2.79. The van der Waals surface area contributed by atoms with Gasteiger partial charge in [0.1, 0.15) is 0 Å². The van der Waals surface area contributed by atoms with Crippen LogP contribution in [-0.4, -0.2) is 53.9 Å². The van der Waals surface area contributed by atoms with Crippen LogP contribution >= 0.6 is 0 Å². The fourth-order valence-electron chi connectivity index (χ4n) is 5.11. The number of benzene rings is 2. The molecule has 0 bridgehead atoms. The van der Waals surface area contributed by atoms with E-state index in [1.165, 1.54) is 11.1 Å². The summed E-state index contributed by atoms with van der Waals surface area (Å²) >= 11 is 0. The van der Waals surface area contributed by atoms with Crippen molar-refractivity contribution in [1.29, 1.82) is 0 Å². The molecule has 1 fully saturated rings. The van der Waals surface area contributed by atoms with Gasteiger partial charge in [0.25, 0.3) is 5.91 Å². The van der Waals surface area contributed by atoms with E-state index in [1.807, 2.05) is 34.9 Å². The first-order valence-corrected chi connectivity index (χ1v) is 12.8. The summed E-state index contributed by atoms with van der Waals surface area (Å²) in [6.45, 7) is 4.01. The molecule has 8 heteroatoms. The monoisotopic (exact) mass is 495 g/mol. The van der Waals surface area contributed by atoms with E-state index in [2.05, 4.69) is 45.6 Å². The zero-order valence-corrected chi connectivity index (χ0v) is 21.4. The van der Waals surface area contributed by atoms with Crippen molar-refractivity contribution < 1.29 is 4.79 Å². The van der Waals surface area contributed by atoms with Crippen LogP contribution in [0.3, 0.4) is 0 Å². The number of anilines is 2. The van der Waals surface area contributed by atoms with Gasteiger partial charge in [-0.2, -0.15) is 4.98 Å². The van der Waals surface area contributed by atoms with E-state index >= 15 is 0 Å². The molecule has 0 radical (unpaired) electrons. The number of amides is 1. The lowest BCUT2D eigenvalue weighted by atomic mass is 9.98. The Balaban J connectivity index is 1.47. The fraction of sp³-hybridized carbons (Fsp3) is 0.345. The number of para-hydroxylation sites is 1. The smallest absolute Gasteiger partial charge is 0.272 e. The Morgan fingerprint density at radius 2 is 1.95 bits per heavy atom. The summed E-state index contributed by atoms with van der Waals surface area (Å²) < 4.78 is 1.90. The molecular formula is C29H33N7O. The number of carbonyl (C=O) groups excluding carboxylic acids is 1. The van der Waals surface area contributed by atoms with Crippen molar-refractivity contribution >= 4 is 29.1 Å². The number of hydrogen-bond donors (Lipinski definition) is 3. The van der Waals surface area contributed by atoms with Gasteiger partial charge in [0.05, 0.1) is 24.5 Å². The van der Waals surface area contributed by atoms with Gasteiger partial charge in [0, 0.05) is 38.2 Å². The largest absolute Gasteiger partial charge is 0.371 e. The lowest BCUT2D eigenvalue weighted by Crippen LogP contribution is -2.44. The number of fused-ring (bicyclic) bond motifs is 2. The molecule has 3 aromatic rings. The minimum Gasteiger partial charge on any atom is -0.371 e. The zero-order valence-electron chi connectivity index (χ0n) is 21.4. The predicted molar refractivity (Wildman–Crippen MR) is 149 cm³/mol. The zero-order chi connectivity index (χ0) is 25.8. The number of nitrogens with two attached hydrogens (primary N) is 1. The molecule has 1 amide bonds. The third kappa shape index (κ3) is 5.09. The lowest BCUT2D eigenvalue weighted by molar-refractivity contribution is 0.0951. The van der Waals surface area contributed by atoms with Crippen molar-refractivity contribution in [2.75, 3.05) is 36.9 Å². The first-order chi connectivity index (χ1) is 18.1. The molecule has 0 saturated carbocycles. The predicted octanol–water partition coefficient (Wildman–Crippen LogP) is 3.33. The van der Waals surface area contributed by atoms with Crippen molar-refractivity contribution in [2.45, 2.75) is 38.8 Å². The summed E-state index contributed by atoms with van der Waals surface area (Å²) in [5.41, 5.74) is 11.9. The normalized spacial score (nSPS) is 16.5. The highest BCUT2D eigenvalue weighted by molar-refractivity contribution is 6.08. The number of nitrogens with one attached hydrogen (secondary N) is 2. The van der Waals surface area contributed by atoms with Gasteiger partial charge in [-0.25, -0.2) is 0 Å². The van der Waals surface area contributed by atoms with E-state index in [0.29, 0.717) is 31.1 Å². The SMILES string of the molecule is CC#CCn1c(N2CCCC(N)C2)nc(NC)c1C(=O)NCC1=Nc2ccccc2Cc2ccccc21. The fourth-order valence-corrected chi connectivity index (χ4v) is 5.11. The average molecular weight is 496 g/mol. The van der Waals surface area contributed by atoms with E-state index in [-0.39, 0.29) is 11.9 Å². The number of hydrogen-bond acceptors (Lipinski definition) is 6. The number of aromatic nitrogens is 2. The first kappa shape index (κ1) is 24.6. The third-order valence-electron chi connectivity index (χ3n) is 6.93. The maximum Gasteiger partial charge on any atom is 0.272 e. The van der Waals surface area contributed by atoms with Gasteiger partial charge in [0.2, 0.25) is 5.95 Å². The Hall–Kier alpha value is -4.09. The van der Waals surface area contributed by atoms with Crippen LogP contribution in [-0.2, 0) is 13.0 Å². The number of aliphatic imine (C=N–C) groups is 1. The summed E-state index contributed by atoms with van der Waals surface area (Å²) in [7, 11) is 1.78. The average Bonchev–Trinajstić information content (AvgIpc) is 3.21. The highest BCUT2D eigenvalue weighted by Crippen LogP contribution is 2.29. The van der Waals surface area contributed by atoms with Gasteiger partial charge in [-0.1, -0.05) is 48.4 Å². The van der Waals surface area contributed by atoms with Crippen molar-refractivity contribution in [3.8, 4) is 11.8 Å². The van der Waals surface area contributed by atoms with Gasteiger partial charge >= 0.3 is 0 Å². The topological polar surface area (TPSA) is 101 Å². The van der Waals surface area contributed by atoms with Gasteiger partial charge in [-0.3, -0.25) is 14.4 Å². The molecule has 1 aromatic heterocycles. The van der Waals surface area contributed by atoms with Crippen molar-refractivity contribution in [3.63, 3.8) is 0 Å². The second-order valence-electron chi connectivity index (χ2n) is 9.42. The van der Waals surface area contributed by atoms with Crippen LogP contribution in [0.1, 0.15) is 46.9 Å². The second-order valence-corrected chi connectivity index (χ2v) is 9.42. The van der Waals surface area contributed by atoms with Gasteiger partial charge in [-0.15, -0.1) is 5.92 Å². The third-order valence-corrected chi connectivity index (χ3v) is 6.93. The quantitative estimate of drug-likeness (QED) is 0.456. The Morgan fingerprint density at radius 3 is 2.73 bits per heavy atom. The molecule has 4 N–H and O–H groups in total. The van der Waals surface area contributed by atoms with Crippen molar-refractivity contribution in [1.82, 2.24) is 14.9 Å². The maximum atomic E-state index is 13.7. The van der Waals surface area contributed by atoms with Crippen LogP contribution in [0.15, 0.2) is 53.5 Å². The molecule has 37 heavy (non-hydrogen) atoms.